The van der Waals surface area contributed by atoms with E-state index in [1.54, 1.807) is 7.11 Å². The minimum atomic E-state index is -3.12. The van der Waals surface area contributed by atoms with E-state index in [0.29, 0.717) is 38.8 Å². The van der Waals surface area contributed by atoms with Crippen molar-refractivity contribution in [2.24, 2.45) is 0 Å². The molecule has 0 aliphatic carbocycles. The normalized spacial score (nSPS) is 12.2. The first-order valence-corrected chi connectivity index (χ1v) is 9.40. The minimum absolute atomic E-state index is 0.205. The van der Waals surface area contributed by atoms with E-state index < -0.39 is 10.0 Å². The Morgan fingerprint density at radius 1 is 0.952 bits per heavy atom. The molecule has 0 atom stereocenters. The largest absolute Gasteiger partial charge is 0.382 e. The SMILES string of the molecule is COCCOCCCCNS(=O)(=O)CCCCNC(C)C. The lowest BCUT2D eigenvalue weighted by Gasteiger charge is -2.09. The first kappa shape index (κ1) is 20.8. The van der Waals surface area contributed by atoms with Crippen LogP contribution >= 0.6 is 0 Å². The summed E-state index contributed by atoms with van der Waals surface area (Å²) in [6.07, 6.45) is 3.22. The van der Waals surface area contributed by atoms with Gasteiger partial charge in [-0.3, -0.25) is 0 Å². The summed E-state index contributed by atoms with van der Waals surface area (Å²) in [5.41, 5.74) is 0. The molecule has 0 fully saturated rings. The van der Waals surface area contributed by atoms with Crippen LogP contribution in [0.5, 0.6) is 0 Å². The molecular formula is C14H32N2O4S. The molecule has 0 radical (unpaired) electrons. The monoisotopic (exact) mass is 324 g/mol. The van der Waals surface area contributed by atoms with Gasteiger partial charge in [-0.25, -0.2) is 13.1 Å². The predicted molar refractivity (Wildman–Crippen MR) is 86.1 cm³/mol. The number of ether oxygens (including phenoxy) is 2. The molecule has 0 aromatic heterocycles. The number of nitrogens with one attached hydrogen (secondary N) is 2. The lowest BCUT2D eigenvalue weighted by molar-refractivity contribution is 0.0689. The zero-order valence-electron chi connectivity index (χ0n) is 13.7. The molecule has 0 spiro atoms. The van der Waals surface area contributed by atoms with Crippen molar-refractivity contribution in [2.45, 2.75) is 45.6 Å². The fourth-order valence-electron chi connectivity index (χ4n) is 1.68. The molecular weight excluding hydrogens is 292 g/mol. The van der Waals surface area contributed by atoms with Gasteiger partial charge in [0.2, 0.25) is 10.0 Å². The van der Waals surface area contributed by atoms with Crippen LogP contribution in [0.3, 0.4) is 0 Å². The molecule has 0 aromatic rings. The third kappa shape index (κ3) is 16.0. The number of hydrogen-bond acceptors (Lipinski definition) is 5. The van der Waals surface area contributed by atoms with E-state index in [9.17, 15) is 8.42 Å². The van der Waals surface area contributed by atoms with Crippen molar-refractivity contribution in [3.8, 4) is 0 Å². The molecule has 7 heteroatoms. The number of hydrogen-bond donors (Lipinski definition) is 2. The Labute approximate surface area is 130 Å². The van der Waals surface area contributed by atoms with Crippen LogP contribution in [0.2, 0.25) is 0 Å². The summed E-state index contributed by atoms with van der Waals surface area (Å²) in [7, 11) is -1.49. The maximum Gasteiger partial charge on any atom is 0.211 e. The van der Waals surface area contributed by atoms with E-state index >= 15 is 0 Å². The highest BCUT2D eigenvalue weighted by Gasteiger charge is 2.08. The summed E-state index contributed by atoms with van der Waals surface area (Å²) in [4.78, 5) is 0. The Balaban J connectivity index is 3.43. The second-order valence-corrected chi connectivity index (χ2v) is 7.27. The van der Waals surface area contributed by atoms with Crippen molar-refractivity contribution in [1.29, 1.82) is 0 Å². The maximum absolute atomic E-state index is 11.7. The van der Waals surface area contributed by atoms with Gasteiger partial charge in [-0.05, 0) is 32.2 Å². The average molecular weight is 324 g/mol. The lowest BCUT2D eigenvalue weighted by atomic mass is 10.3. The number of unbranched alkanes of at least 4 members (excludes halogenated alkanes) is 2. The smallest absolute Gasteiger partial charge is 0.211 e. The molecule has 6 nitrogen and oxygen atoms in total. The summed E-state index contributed by atoms with van der Waals surface area (Å²) in [5.74, 6) is 0.205. The van der Waals surface area contributed by atoms with Gasteiger partial charge in [0, 0.05) is 26.3 Å². The van der Waals surface area contributed by atoms with Crippen LogP contribution < -0.4 is 10.0 Å². The van der Waals surface area contributed by atoms with Crippen LogP contribution in [0, 0.1) is 0 Å². The molecule has 21 heavy (non-hydrogen) atoms. The van der Waals surface area contributed by atoms with E-state index in [2.05, 4.69) is 23.9 Å². The zero-order chi connectivity index (χ0) is 16.0. The van der Waals surface area contributed by atoms with E-state index in [4.69, 9.17) is 9.47 Å². The van der Waals surface area contributed by atoms with Crippen molar-refractivity contribution in [3.05, 3.63) is 0 Å². The van der Waals surface area contributed by atoms with Crippen molar-refractivity contribution >= 4 is 10.0 Å². The first-order valence-electron chi connectivity index (χ1n) is 7.75. The van der Waals surface area contributed by atoms with Crippen molar-refractivity contribution in [3.63, 3.8) is 0 Å². The third-order valence-electron chi connectivity index (χ3n) is 2.86. The standard InChI is InChI=1S/C14H32N2O4S/c1-14(2)15-8-5-7-13-21(17,18)16-9-4-6-10-20-12-11-19-3/h14-16H,4-13H2,1-3H3. The Hall–Kier alpha value is -0.210. The van der Waals surface area contributed by atoms with Crippen LogP contribution in [0.15, 0.2) is 0 Å². The van der Waals surface area contributed by atoms with Crippen molar-refractivity contribution < 1.29 is 17.9 Å². The second kappa shape index (κ2) is 13.5. The van der Waals surface area contributed by atoms with Gasteiger partial charge in [0.05, 0.1) is 19.0 Å². The van der Waals surface area contributed by atoms with Gasteiger partial charge < -0.3 is 14.8 Å². The molecule has 128 valence electrons. The van der Waals surface area contributed by atoms with Gasteiger partial charge in [-0.1, -0.05) is 13.8 Å². The Morgan fingerprint density at radius 3 is 2.33 bits per heavy atom. The molecule has 0 rings (SSSR count). The number of methoxy groups -OCH3 is 1. The van der Waals surface area contributed by atoms with E-state index in [-0.39, 0.29) is 5.75 Å². The zero-order valence-corrected chi connectivity index (χ0v) is 14.5. The first-order chi connectivity index (χ1) is 9.98. The summed E-state index contributed by atoms with van der Waals surface area (Å²) < 4.78 is 36.2. The number of sulfonamides is 1. The maximum atomic E-state index is 11.7. The molecule has 0 bridgehead atoms. The van der Waals surface area contributed by atoms with Crippen LogP contribution in [0.1, 0.15) is 39.5 Å². The Kier molecular flexibility index (Phi) is 13.3. The highest BCUT2D eigenvalue weighted by Crippen LogP contribution is 1.96. The summed E-state index contributed by atoms with van der Waals surface area (Å²) in [5, 5.41) is 3.27. The van der Waals surface area contributed by atoms with E-state index in [1.165, 1.54) is 0 Å². The van der Waals surface area contributed by atoms with Gasteiger partial charge in [0.15, 0.2) is 0 Å². The molecule has 0 amide bonds. The molecule has 0 heterocycles. The summed E-state index contributed by atoms with van der Waals surface area (Å²) >= 11 is 0. The fraction of sp³-hybridized carbons (Fsp3) is 1.00. The second-order valence-electron chi connectivity index (χ2n) is 5.34. The van der Waals surface area contributed by atoms with Crippen LogP contribution in [-0.2, 0) is 19.5 Å². The quantitative estimate of drug-likeness (QED) is 0.442. The lowest BCUT2D eigenvalue weighted by Crippen LogP contribution is -2.28. The molecule has 0 saturated heterocycles. The van der Waals surface area contributed by atoms with Crippen molar-refractivity contribution in [2.75, 3.05) is 45.8 Å². The topological polar surface area (TPSA) is 76.7 Å². The molecule has 0 aromatic carbocycles. The van der Waals surface area contributed by atoms with Crippen LogP contribution in [0.4, 0.5) is 0 Å². The van der Waals surface area contributed by atoms with Gasteiger partial charge in [-0.15, -0.1) is 0 Å². The minimum Gasteiger partial charge on any atom is -0.382 e. The molecule has 0 unspecified atom stereocenters. The van der Waals surface area contributed by atoms with Gasteiger partial charge in [-0.2, -0.15) is 0 Å². The Bertz CT molecular complexity index is 321. The summed E-state index contributed by atoms with van der Waals surface area (Å²) in [6.45, 7) is 7.34. The molecule has 0 aliphatic heterocycles. The molecule has 0 saturated carbocycles. The highest BCUT2D eigenvalue weighted by molar-refractivity contribution is 7.89. The van der Waals surface area contributed by atoms with E-state index in [0.717, 1.165) is 25.8 Å². The molecule has 2 N–H and O–H groups in total. The van der Waals surface area contributed by atoms with Gasteiger partial charge >= 0.3 is 0 Å². The fourth-order valence-corrected chi connectivity index (χ4v) is 2.86. The predicted octanol–water partition coefficient (Wildman–Crippen LogP) is 1.13. The van der Waals surface area contributed by atoms with Gasteiger partial charge in [0.25, 0.3) is 0 Å². The van der Waals surface area contributed by atoms with Crippen molar-refractivity contribution in [1.82, 2.24) is 10.0 Å². The number of rotatable bonds is 15. The third-order valence-corrected chi connectivity index (χ3v) is 4.33. The average Bonchev–Trinajstić information content (AvgIpc) is 2.41. The van der Waals surface area contributed by atoms with E-state index in [1.807, 2.05) is 0 Å². The highest BCUT2D eigenvalue weighted by atomic mass is 32.2. The van der Waals surface area contributed by atoms with Gasteiger partial charge in [0.1, 0.15) is 0 Å². The van der Waals surface area contributed by atoms with Crippen LogP contribution in [0.25, 0.3) is 0 Å². The Morgan fingerprint density at radius 2 is 1.67 bits per heavy atom. The van der Waals surface area contributed by atoms with Crippen LogP contribution in [-0.4, -0.2) is 60.2 Å². The molecule has 0 aliphatic rings. The summed E-state index contributed by atoms with van der Waals surface area (Å²) in [6, 6.07) is 0.450.